The zero-order chi connectivity index (χ0) is 27.5. The van der Waals surface area contributed by atoms with Crippen LogP contribution in [0, 0.1) is 5.92 Å². The van der Waals surface area contributed by atoms with Crippen LogP contribution in [0.2, 0.25) is 0 Å². The van der Waals surface area contributed by atoms with E-state index in [1.54, 1.807) is 0 Å². The van der Waals surface area contributed by atoms with E-state index < -0.39 is 27.3 Å². The van der Waals surface area contributed by atoms with E-state index in [1.807, 2.05) is 18.7 Å². The summed E-state index contributed by atoms with van der Waals surface area (Å²) in [6, 6.07) is 1.35. The van der Waals surface area contributed by atoms with Crippen molar-refractivity contribution in [3.8, 4) is 10.6 Å². The van der Waals surface area contributed by atoms with E-state index in [0.29, 0.717) is 57.7 Å². The molecule has 14 heteroatoms. The van der Waals surface area contributed by atoms with Gasteiger partial charge in [0.2, 0.25) is 16.0 Å². The number of fused-ring (bicyclic) bond motifs is 3. The zero-order valence-corrected chi connectivity index (χ0v) is 23.0. The second-order valence-corrected chi connectivity index (χ2v) is 13.3. The number of sulfonamides is 1. The number of rotatable bonds is 5. The van der Waals surface area contributed by atoms with Gasteiger partial charge in [-0.15, -0.1) is 11.3 Å². The Kier molecular flexibility index (Phi) is 6.98. The fraction of sp³-hybridized carbons (Fsp3) is 0.625. The normalized spacial score (nSPS) is 23.4. The minimum Gasteiger partial charge on any atom is -0.380 e. The maximum Gasteiger partial charge on any atom is 0.420 e. The van der Waals surface area contributed by atoms with E-state index in [-0.39, 0.29) is 34.4 Å². The van der Waals surface area contributed by atoms with Gasteiger partial charge in [0, 0.05) is 43.4 Å². The SMILES string of the molecule is CC(C)C12CCOCCN1C(=O)c1cc(-c3nc(NC4CCN(S(C)(=O)=O)CC4)ncc3C(F)(F)F)sc12. The Labute approximate surface area is 223 Å². The first-order valence-corrected chi connectivity index (χ1v) is 15.2. The smallest absolute Gasteiger partial charge is 0.380 e. The molecule has 0 saturated carbocycles. The Morgan fingerprint density at radius 1 is 1.21 bits per heavy atom. The van der Waals surface area contributed by atoms with E-state index in [4.69, 9.17) is 4.74 Å². The molecule has 1 unspecified atom stereocenters. The standard InChI is InChI=1S/C24H30F3N5O4S2/c1-14(2)23-6-10-36-11-9-32(23)21(33)16-12-18(37-20(16)23)19-17(24(25,26)27)13-28-22(30-19)29-15-4-7-31(8-5-15)38(3,34)35/h12-15H,4-11H2,1-3H3,(H,28,29,30). The van der Waals surface area contributed by atoms with E-state index in [0.717, 1.165) is 17.3 Å². The second-order valence-electron chi connectivity index (χ2n) is 10.3. The fourth-order valence-electron chi connectivity index (χ4n) is 5.70. The largest absolute Gasteiger partial charge is 0.420 e. The molecule has 38 heavy (non-hydrogen) atoms. The van der Waals surface area contributed by atoms with Crippen LogP contribution in [0.25, 0.3) is 10.6 Å². The molecule has 5 rings (SSSR count). The highest BCUT2D eigenvalue weighted by Crippen LogP contribution is 2.53. The number of ether oxygens (including phenoxy) is 1. The molecule has 0 aliphatic carbocycles. The van der Waals surface area contributed by atoms with E-state index in [2.05, 4.69) is 15.3 Å². The topological polar surface area (TPSA) is 105 Å². The molecule has 9 nitrogen and oxygen atoms in total. The molecular weight excluding hydrogens is 543 g/mol. The number of aromatic nitrogens is 2. The number of halogens is 3. The summed E-state index contributed by atoms with van der Waals surface area (Å²) in [5, 5.41) is 3.08. The van der Waals surface area contributed by atoms with Crippen LogP contribution >= 0.6 is 11.3 Å². The molecule has 1 N–H and O–H groups in total. The number of nitrogens with zero attached hydrogens (tertiary/aromatic N) is 4. The number of carbonyl (C=O) groups excluding carboxylic acids is 1. The molecule has 5 heterocycles. The molecule has 2 aromatic heterocycles. The van der Waals surface area contributed by atoms with Crippen LogP contribution in [0.4, 0.5) is 19.1 Å². The van der Waals surface area contributed by atoms with Gasteiger partial charge in [0.05, 0.1) is 34.5 Å². The van der Waals surface area contributed by atoms with Gasteiger partial charge in [-0.25, -0.2) is 22.7 Å². The van der Waals surface area contributed by atoms with Crippen molar-refractivity contribution in [1.29, 1.82) is 0 Å². The predicted molar refractivity (Wildman–Crippen MR) is 136 cm³/mol. The highest BCUT2D eigenvalue weighted by molar-refractivity contribution is 7.88. The third-order valence-corrected chi connectivity index (χ3v) is 10.3. The van der Waals surface area contributed by atoms with Crippen LogP contribution in [-0.4, -0.2) is 78.6 Å². The first-order valence-electron chi connectivity index (χ1n) is 12.5. The predicted octanol–water partition coefficient (Wildman–Crippen LogP) is 3.79. The Bertz CT molecular complexity index is 1340. The van der Waals surface area contributed by atoms with Gasteiger partial charge in [-0.05, 0) is 31.2 Å². The van der Waals surface area contributed by atoms with E-state index in [1.165, 1.54) is 21.7 Å². The number of hydrogen-bond acceptors (Lipinski definition) is 8. The van der Waals surface area contributed by atoms with Gasteiger partial charge >= 0.3 is 6.18 Å². The summed E-state index contributed by atoms with van der Waals surface area (Å²) in [7, 11) is -3.30. The summed E-state index contributed by atoms with van der Waals surface area (Å²) in [6.45, 7) is 5.96. The van der Waals surface area contributed by atoms with Crippen molar-refractivity contribution in [2.45, 2.75) is 50.9 Å². The van der Waals surface area contributed by atoms with Crippen molar-refractivity contribution in [3.05, 3.63) is 28.3 Å². The Morgan fingerprint density at radius 2 is 1.92 bits per heavy atom. The lowest BCUT2D eigenvalue weighted by molar-refractivity contribution is -0.137. The summed E-state index contributed by atoms with van der Waals surface area (Å²) in [5.74, 6) is -0.127. The van der Waals surface area contributed by atoms with Gasteiger partial charge in [0.25, 0.3) is 5.91 Å². The van der Waals surface area contributed by atoms with Gasteiger partial charge in [-0.3, -0.25) is 4.79 Å². The molecule has 0 bridgehead atoms. The molecule has 1 amide bonds. The van der Waals surface area contributed by atoms with E-state index >= 15 is 0 Å². The summed E-state index contributed by atoms with van der Waals surface area (Å²) in [5.41, 5.74) is -1.45. The van der Waals surface area contributed by atoms with Crippen LogP contribution in [0.5, 0.6) is 0 Å². The highest BCUT2D eigenvalue weighted by Gasteiger charge is 2.53. The molecule has 2 saturated heterocycles. The summed E-state index contributed by atoms with van der Waals surface area (Å²) >= 11 is 1.18. The van der Waals surface area contributed by atoms with E-state index in [9.17, 15) is 26.4 Å². The van der Waals surface area contributed by atoms with Crippen LogP contribution in [-0.2, 0) is 26.5 Å². The lowest BCUT2D eigenvalue weighted by atomic mass is 9.82. The number of hydrogen-bond donors (Lipinski definition) is 1. The van der Waals surface area contributed by atoms with Crippen molar-refractivity contribution in [2.75, 3.05) is 44.4 Å². The van der Waals surface area contributed by atoms with Gasteiger partial charge in [-0.2, -0.15) is 13.2 Å². The Balaban J connectivity index is 1.50. The van der Waals surface area contributed by atoms with Gasteiger partial charge < -0.3 is 15.0 Å². The molecule has 0 radical (unpaired) electrons. The summed E-state index contributed by atoms with van der Waals surface area (Å²) in [4.78, 5) is 24.5. The quantitative estimate of drug-likeness (QED) is 0.581. The van der Waals surface area contributed by atoms with Crippen molar-refractivity contribution in [1.82, 2.24) is 19.2 Å². The number of anilines is 1. The molecule has 3 aliphatic rings. The number of piperidine rings is 1. The van der Waals surface area contributed by atoms with Crippen molar-refractivity contribution < 1.29 is 31.1 Å². The molecule has 0 spiro atoms. The molecule has 1 atom stereocenters. The lowest BCUT2D eigenvalue weighted by Crippen LogP contribution is -2.47. The average Bonchev–Trinajstić information content (AvgIpc) is 3.27. The van der Waals surface area contributed by atoms with Crippen molar-refractivity contribution in [3.63, 3.8) is 0 Å². The Morgan fingerprint density at radius 3 is 2.55 bits per heavy atom. The lowest BCUT2D eigenvalue weighted by Gasteiger charge is -2.40. The number of nitrogens with one attached hydrogen (secondary N) is 1. The van der Waals surface area contributed by atoms with Crippen LogP contribution in [0.3, 0.4) is 0 Å². The summed E-state index contributed by atoms with van der Waals surface area (Å²) < 4.78 is 72.7. The Hall–Kier alpha value is -2.29. The number of thiophene rings is 1. The molecular formula is C24H30F3N5O4S2. The average molecular weight is 574 g/mol. The minimum absolute atomic E-state index is 0.0309. The molecule has 3 aliphatic heterocycles. The monoisotopic (exact) mass is 573 g/mol. The molecule has 0 aromatic carbocycles. The van der Waals surface area contributed by atoms with Gasteiger partial charge in [0.15, 0.2) is 0 Å². The summed E-state index contributed by atoms with van der Waals surface area (Å²) in [6.07, 6.45) is -1.25. The van der Waals surface area contributed by atoms with Gasteiger partial charge in [-0.1, -0.05) is 13.8 Å². The molecule has 2 aromatic rings. The fourth-order valence-corrected chi connectivity index (χ4v) is 8.10. The highest BCUT2D eigenvalue weighted by atomic mass is 32.2. The maximum absolute atomic E-state index is 14.0. The van der Waals surface area contributed by atoms with Crippen LogP contribution < -0.4 is 5.32 Å². The number of carbonyl (C=O) groups is 1. The number of amides is 1. The zero-order valence-electron chi connectivity index (χ0n) is 21.3. The minimum atomic E-state index is -4.69. The second kappa shape index (κ2) is 9.72. The third-order valence-electron chi connectivity index (χ3n) is 7.71. The van der Waals surface area contributed by atoms with Crippen molar-refractivity contribution in [2.24, 2.45) is 5.92 Å². The van der Waals surface area contributed by atoms with Crippen LogP contribution in [0.15, 0.2) is 12.3 Å². The van der Waals surface area contributed by atoms with Crippen LogP contribution in [0.1, 0.15) is 53.9 Å². The first kappa shape index (κ1) is 27.3. The molecule has 2 fully saturated rings. The third kappa shape index (κ3) is 4.69. The van der Waals surface area contributed by atoms with Crippen molar-refractivity contribution >= 4 is 33.2 Å². The maximum atomic E-state index is 14.0. The number of alkyl halides is 3. The van der Waals surface area contributed by atoms with Gasteiger partial charge in [0.1, 0.15) is 5.56 Å². The molecule has 208 valence electrons. The first-order chi connectivity index (χ1) is 17.8.